The highest BCUT2D eigenvalue weighted by Gasteiger charge is 2.19. The number of hydrogen-bond donors (Lipinski definition) is 2. The molecule has 114 valence electrons. The summed E-state index contributed by atoms with van der Waals surface area (Å²) in [7, 11) is 1.49. The lowest BCUT2D eigenvalue weighted by molar-refractivity contribution is -0.384. The first-order valence-corrected chi connectivity index (χ1v) is 6.94. The summed E-state index contributed by atoms with van der Waals surface area (Å²) < 4.78 is 5.29. The molecule has 0 aliphatic carbocycles. The van der Waals surface area contributed by atoms with E-state index in [1.165, 1.54) is 13.1 Å². The van der Waals surface area contributed by atoms with Crippen LogP contribution in [0.2, 0.25) is 0 Å². The van der Waals surface area contributed by atoms with Crippen molar-refractivity contribution in [3.63, 3.8) is 0 Å². The molecule has 0 spiro atoms. The van der Waals surface area contributed by atoms with Gasteiger partial charge >= 0.3 is 0 Å². The van der Waals surface area contributed by atoms with Crippen molar-refractivity contribution in [2.24, 2.45) is 5.92 Å². The number of anilines is 1. The number of benzene rings is 1. The second kappa shape index (κ2) is 7.03. The number of nitro benzene ring substituents is 1. The maximum atomic E-state index is 11.5. The summed E-state index contributed by atoms with van der Waals surface area (Å²) in [6.07, 6.45) is 1.91. The molecule has 2 N–H and O–H groups in total. The van der Waals surface area contributed by atoms with E-state index in [1.807, 2.05) is 0 Å². The lowest BCUT2D eigenvalue weighted by Crippen LogP contribution is -2.23. The zero-order valence-corrected chi connectivity index (χ0v) is 11.9. The van der Waals surface area contributed by atoms with Crippen molar-refractivity contribution < 1.29 is 14.5 Å². The van der Waals surface area contributed by atoms with Gasteiger partial charge < -0.3 is 15.4 Å². The Morgan fingerprint density at radius 2 is 2.14 bits per heavy atom. The van der Waals surface area contributed by atoms with E-state index < -0.39 is 4.92 Å². The molecule has 1 saturated heterocycles. The average molecular weight is 293 g/mol. The standard InChI is InChI=1S/C14H19N3O4/c1-15-14(18)11-2-3-12(13(8-11)17(19)20)16-9-10-4-6-21-7-5-10/h2-3,8,10,16H,4-7,9H2,1H3,(H,15,18). The number of nitrogens with one attached hydrogen (secondary N) is 2. The van der Waals surface area contributed by atoms with Crippen LogP contribution >= 0.6 is 0 Å². The van der Waals surface area contributed by atoms with Crippen LogP contribution < -0.4 is 10.6 Å². The van der Waals surface area contributed by atoms with Gasteiger partial charge in [-0.3, -0.25) is 14.9 Å². The lowest BCUT2D eigenvalue weighted by atomic mass is 10.0. The van der Waals surface area contributed by atoms with Crippen molar-refractivity contribution in [1.82, 2.24) is 5.32 Å². The van der Waals surface area contributed by atoms with Crippen LogP contribution in [0, 0.1) is 16.0 Å². The first kappa shape index (κ1) is 15.2. The minimum atomic E-state index is -0.473. The van der Waals surface area contributed by atoms with E-state index in [4.69, 9.17) is 4.74 Å². The number of rotatable bonds is 5. The summed E-state index contributed by atoms with van der Waals surface area (Å²) in [4.78, 5) is 22.2. The van der Waals surface area contributed by atoms with Crippen molar-refractivity contribution >= 4 is 17.3 Å². The number of hydrogen-bond acceptors (Lipinski definition) is 5. The number of ether oxygens (including phenoxy) is 1. The Balaban J connectivity index is 2.10. The Kier molecular flexibility index (Phi) is 5.10. The van der Waals surface area contributed by atoms with E-state index in [1.54, 1.807) is 12.1 Å². The van der Waals surface area contributed by atoms with Crippen LogP contribution in [0.25, 0.3) is 0 Å². The molecule has 0 unspecified atom stereocenters. The van der Waals surface area contributed by atoms with Crippen LogP contribution in [0.5, 0.6) is 0 Å². The fourth-order valence-electron chi connectivity index (χ4n) is 2.32. The average Bonchev–Trinajstić information content (AvgIpc) is 2.52. The molecule has 0 radical (unpaired) electrons. The van der Waals surface area contributed by atoms with Crippen LogP contribution in [0.3, 0.4) is 0 Å². The van der Waals surface area contributed by atoms with E-state index in [0.29, 0.717) is 18.2 Å². The van der Waals surface area contributed by atoms with Gasteiger partial charge in [0.1, 0.15) is 5.69 Å². The van der Waals surface area contributed by atoms with Gasteiger partial charge in [-0.15, -0.1) is 0 Å². The molecule has 1 aromatic rings. The maximum Gasteiger partial charge on any atom is 0.293 e. The smallest absolute Gasteiger partial charge is 0.293 e. The molecule has 1 fully saturated rings. The van der Waals surface area contributed by atoms with Gasteiger partial charge in [-0.25, -0.2) is 0 Å². The lowest BCUT2D eigenvalue weighted by Gasteiger charge is -2.22. The Labute approximate surface area is 122 Å². The van der Waals surface area contributed by atoms with Gasteiger partial charge in [-0.1, -0.05) is 0 Å². The third kappa shape index (κ3) is 3.91. The highest BCUT2D eigenvalue weighted by molar-refractivity contribution is 5.95. The van der Waals surface area contributed by atoms with E-state index in [-0.39, 0.29) is 17.2 Å². The minimum Gasteiger partial charge on any atom is -0.381 e. The Hall–Kier alpha value is -2.15. The Bertz CT molecular complexity index is 527. The first-order valence-electron chi connectivity index (χ1n) is 6.94. The zero-order chi connectivity index (χ0) is 15.2. The van der Waals surface area contributed by atoms with Crippen LogP contribution in [0.15, 0.2) is 18.2 Å². The summed E-state index contributed by atoms with van der Waals surface area (Å²) in [6, 6.07) is 4.46. The summed E-state index contributed by atoms with van der Waals surface area (Å²) >= 11 is 0. The monoisotopic (exact) mass is 293 g/mol. The van der Waals surface area contributed by atoms with Gasteiger partial charge in [-0.05, 0) is 30.9 Å². The maximum absolute atomic E-state index is 11.5. The zero-order valence-electron chi connectivity index (χ0n) is 11.9. The molecule has 1 heterocycles. The second-order valence-corrected chi connectivity index (χ2v) is 5.00. The van der Waals surface area contributed by atoms with Gasteiger partial charge in [0.15, 0.2) is 0 Å². The summed E-state index contributed by atoms with van der Waals surface area (Å²) in [5, 5.41) is 16.7. The predicted octanol–water partition coefficient (Wildman–Crippen LogP) is 1.79. The predicted molar refractivity (Wildman–Crippen MR) is 78.5 cm³/mol. The molecule has 1 amide bonds. The number of carbonyl (C=O) groups is 1. The van der Waals surface area contributed by atoms with Crippen LogP contribution in [0.1, 0.15) is 23.2 Å². The highest BCUT2D eigenvalue weighted by Crippen LogP contribution is 2.26. The van der Waals surface area contributed by atoms with Gasteiger partial charge in [-0.2, -0.15) is 0 Å². The fourth-order valence-corrected chi connectivity index (χ4v) is 2.32. The first-order chi connectivity index (χ1) is 10.1. The summed E-state index contributed by atoms with van der Waals surface area (Å²) in [6.45, 7) is 2.15. The van der Waals surface area contributed by atoms with Gasteiger partial charge in [0.25, 0.3) is 11.6 Å². The quantitative estimate of drug-likeness (QED) is 0.637. The molecule has 0 aromatic heterocycles. The normalized spacial score (nSPS) is 15.5. The molecule has 7 heteroatoms. The minimum absolute atomic E-state index is 0.0804. The Morgan fingerprint density at radius 3 is 2.76 bits per heavy atom. The Morgan fingerprint density at radius 1 is 1.43 bits per heavy atom. The molecule has 1 aromatic carbocycles. The number of nitrogens with zero attached hydrogens (tertiary/aromatic N) is 1. The largest absolute Gasteiger partial charge is 0.381 e. The van der Waals surface area contributed by atoms with Gasteiger partial charge in [0.2, 0.25) is 0 Å². The van der Waals surface area contributed by atoms with Crippen LogP contribution in [0.4, 0.5) is 11.4 Å². The number of amides is 1. The molecule has 1 aliphatic heterocycles. The van der Waals surface area contributed by atoms with Crippen molar-refractivity contribution in [3.8, 4) is 0 Å². The summed E-state index contributed by atoms with van der Waals surface area (Å²) in [5.74, 6) is 0.117. The van der Waals surface area contributed by atoms with Gasteiger partial charge in [0.05, 0.1) is 4.92 Å². The van der Waals surface area contributed by atoms with Crippen molar-refractivity contribution in [2.75, 3.05) is 32.1 Å². The van der Waals surface area contributed by atoms with E-state index in [2.05, 4.69) is 10.6 Å². The third-order valence-corrected chi connectivity index (χ3v) is 3.61. The third-order valence-electron chi connectivity index (χ3n) is 3.61. The molecule has 7 nitrogen and oxygen atoms in total. The van der Waals surface area contributed by atoms with Crippen LogP contribution in [-0.2, 0) is 4.74 Å². The number of nitro groups is 1. The van der Waals surface area contributed by atoms with E-state index >= 15 is 0 Å². The molecule has 1 aliphatic rings. The molecule has 0 saturated carbocycles. The highest BCUT2D eigenvalue weighted by atomic mass is 16.6. The number of carbonyl (C=O) groups excluding carboxylic acids is 1. The fraction of sp³-hybridized carbons (Fsp3) is 0.500. The molecule has 21 heavy (non-hydrogen) atoms. The molecular formula is C14H19N3O4. The van der Waals surface area contributed by atoms with Gasteiger partial charge in [0, 0.05) is 38.4 Å². The molecule has 0 bridgehead atoms. The van der Waals surface area contributed by atoms with Crippen molar-refractivity contribution in [1.29, 1.82) is 0 Å². The van der Waals surface area contributed by atoms with E-state index in [9.17, 15) is 14.9 Å². The second-order valence-electron chi connectivity index (χ2n) is 5.00. The van der Waals surface area contributed by atoms with Crippen molar-refractivity contribution in [3.05, 3.63) is 33.9 Å². The molecule has 2 rings (SSSR count). The summed E-state index contributed by atoms with van der Waals surface area (Å²) in [5.41, 5.74) is 0.642. The molecular weight excluding hydrogens is 274 g/mol. The topological polar surface area (TPSA) is 93.5 Å². The molecule has 0 atom stereocenters. The van der Waals surface area contributed by atoms with Crippen LogP contribution in [-0.4, -0.2) is 37.6 Å². The van der Waals surface area contributed by atoms with E-state index in [0.717, 1.165) is 26.1 Å². The SMILES string of the molecule is CNC(=O)c1ccc(NCC2CCOCC2)c([N+](=O)[O-])c1. The van der Waals surface area contributed by atoms with Crippen molar-refractivity contribution in [2.45, 2.75) is 12.8 Å².